The van der Waals surface area contributed by atoms with E-state index in [1.807, 2.05) is 19.1 Å². The predicted octanol–water partition coefficient (Wildman–Crippen LogP) is 3.36. The number of aromatic nitrogens is 1. The van der Waals surface area contributed by atoms with Crippen LogP contribution in [0, 0.1) is 6.92 Å². The Balaban J connectivity index is 2.08. The fourth-order valence-electron chi connectivity index (χ4n) is 1.56. The highest BCUT2D eigenvalue weighted by Gasteiger charge is 2.06. The molecule has 0 spiro atoms. The molecule has 0 aliphatic heterocycles. The van der Waals surface area contributed by atoms with E-state index in [2.05, 4.69) is 4.98 Å². The van der Waals surface area contributed by atoms with Gasteiger partial charge in [0.2, 0.25) is 5.88 Å². The summed E-state index contributed by atoms with van der Waals surface area (Å²) < 4.78 is 10.5. The highest BCUT2D eigenvalue weighted by atomic mass is 16.5. The van der Waals surface area contributed by atoms with Crippen LogP contribution in [0.5, 0.6) is 11.6 Å². The van der Waals surface area contributed by atoms with Gasteiger partial charge in [-0.15, -0.1) is 0 Å². The molecule has 0 amide bonds. The lowest BCUT2D eigenvalue weighted by atomic mass is 10.2. The Kier molecular flexibility index (Phi) is 4.13. The molecule has 98 valence electrons. The van der Waals surface area contributed by atoms with Crippen molar-refractivity contribution in [3.05, 3.63) is 53.7 Å². The number of ether oxygens (including phenoxy) is 2. The number of hydrogen-bond donors (Lipinski definition) is 0. The van der Waals surface area contributed by atoms with Gasteiger partial charge in [0, 0.05) is 12.3 Å². The summed E-state index contributed by atoms with van der Waals surface area (Å²) in [5.41, 5.74) is 1.58. The van der Waals surface area contributed by atoms with Crippen LogP contribution in [-0.2, 0) is 4.74 Å². The van der Waals surface area contributed by atoms with E-state index in [-0.39, 0.29) is 5.97 Å². The minimum atomic E-state index is -0.331. The second-order valence-electron chi connectivity index (χ2n) is 4.02. The largest absolute Gasteiger partial charge is 0.462 e. The summed E-state index contributed by atoms with van der Waals surface area (Å²) in [6, 6.07) is 10.5. The van der Waals surface area contributed by atoms with Crippen LogP contribution >= 0.6 is 0 Å². The Morgan fingerprint density at radius 1 is 1.21 bits per heavy atom. The lowest BCUT2D eigenvalue weighted by molar-refractivity contribution is 0.0526. The first-order valence-corrected chi connectivity index (χ1v) is 6.06. The molecule has 2 aromatic rings. The molecule has 0 bridgehead atoms. The Bertz CT molecular complexity index is 564. The molecule has 4 nitrogen and oxygen atoms in total. The summed E-state index contributed by atoms with van der Waals surface area (Å²) in [4.78, 5) is 15.6. The van der Waals surface area contributed by atoms with Crippen LogP contribution in [-0.4, -0.2) is 17.6 Å². The third-order valence-corrected chi connectivity index (χ3v) is 2.48. The molecule has 2 rings (SSSR count). The van der Waals surface area contributed by atoms with Crippen molar-refractivity contribution in [1.29, 1.82) is 0 Å². The third kappa shape index (κ3) is 3.55. The molecule has 1 aromatic carbocycles. The molecule has 0 fully saturated rings. The zero-order chi connectivity index (χ0) is 13.7. The minimum absolute atomic E-state index is 0.331. The van der Waals surface area contributed by atoms with Crippen LogP contribution < -0.4 is 4.74 Å². The van der Waals surface area contributed by atoms with Crippen LogP contribution in [0.2, 0.25) is 0 Å². The first-order chi connectivity index (χ1) is 9.19. The summed E-state index contributed by atoms with van der Waals surface area (Å²) in [5.74, 6) is 0.831. The van der Waals surface area contributed by atoms with Gasteiger partial charge >= 0.3 is 5.97 Å². The molecule has 1 aromatic heterocycles. The molecule has 0 atom stereocenters. The maximum atomic E-state index is 11.5. The molecule has 0 unspecified atom stereocenters. The van der Waals surface area contributed by atoms with Gasteiger partial charge in [-0.1, -0.05) is 0 Å². The maximum absolute atomic E-state index is 11.5. The van der Waals surface area contributed by atoms with Gasteiger partial charge in [-0.3, -0.25) is 0 Å². The van der Waals surface area contributed by atoms with E-state index in [0.29, 0.717) is 23.8 Å². The number of aryl methyl sites for hydroxylation is 1. The van der Waals surface area contributed by atoms with Crippen LogP contribution in [0.15, 0.2) is 42.6 Å². The average molecular weight is 257 g/mol. The van der Waals surface area contributed by atoms with Crippen molar-refractivity contribution >= 4 is 5.97 Å². The quantitative estimate of drug-likeness (QED) is 0.788. The topological polar surface area (TPSA) is 48.4 Å². The highest BCUT2D eigenvalue weighted by molar-refractivity contribution is 5.89. The first kappa shape index (κ1) is 13.1. The molecule has 4 heteroatoms. The van der Waals surface area contributed by atoms with E-state index in [9.17, 15) is 4.79 Å². The Hall–Kier alpha value is -2.36. The van der Waals surface area contributed by atoms with E-state index in [1.165, 1.54) is 0 Å². The Labute approximate surface area is 112 Å². The number of benzene rings is 1. The van der Waals surface area contributed by atoms with Crippen molar-refractivity contribution in [1.82, 2.24) is 4.98 Å². The number of hydrogen-bond acceptors (Lipinski definition) is 4. The third-order valence-electron chi connectivity index (χ3n) is 2.48. The summed E-state index contributed by atoms with van der Waals surface area (Å²) >= 11 is 0. The van der Waals surface area contributed by atoms with Crippen LogP contribution in [0.1, 0.15) is 22.8 Å². The van der Waals surface area contributed by atoms with Gasteiger partial charge in [-0.05, 0) is 49.7 Å². The summed E-state index contributed by atoms with van der Waals surface area (Å²) in [6.45, 7) is 4.11. The van der Waals surface area contributed by atoms with Gasteiger partial charge in [-0.25, -0.2) is 9.78 Å². The molecule has 19 heavy (non-hydrogen) atoms. The second-order valence-corrected chi connectivity index (χ2v) is 4.02. The van der Waals surface area contributed by atoms with Gasteiger partial charge in [0.05, 0.1) is 12.2 Å². The predicted molar refractivity (Wildman–Crippen MR) is 71.4 cm³/mol. The monoisotopic (exact) mass is 257 g/mol. The molecular formula is C15H15NO3. The van der Waals surface area contributed by atoms with Crippen LogP contribution in [0.25, 0.3) is 0 Å². The van der Waals surface area contributed by atoms with Gasteiger partial charge in [0.1, 0.15) is 5.75 Å². The average Bonchev–Trinajstić information content (AvgIpc) is 2.40. The van der Waals surface area contributed by atoms with E-state index >= 15 is 0 Å². The Morgan fingerprint density at radius 3 is 2.58 bits per heavy atom. The maximum Gasteiger partial charge on any atom is 0.338 e. The molecule has 0 saturated heterocycles. The molecule has 0 N–H and O–H groups in total. The van der Waals surface area contributed by atoms with Crippen molar-refractivity contribution in [2.45, 2.75) is 13.8 Å². The van der Waals surface area contributed by atoms with Crippen molar-refractivity contribution < 1.29 is 14.3 Å². The molecule has 0 radical (unpaired) electrons. The zero-order valence-corrected chi connectivity index (χ0v) is 10.9. The van der Waals surface area contributed by atoms with Crippen molar-refractivity contribution in [3.8, 4) is 11.6 Å². The molecule has 0 aliphatic rings. The van der Waals surface area contributed by atoms with Gasteiger partial charge < -0.3 is 9.47 Å². The van der Waals surface area contributed by atoms with E-state index in [4.69, 9.17) is 9.47 Å². The number of nitrogens with zero attached hydrogens (tertiary/aromatic N) is 1. The SMILES string of the molecule is CCOC(=O)c1ccc(Oc2cc(C)ccn2)cc1. The number of esters is 1. The summed E-state index contributed by atoms with van der Waals surface area (Å²) in [6.07, 6.45) is 1.69. The van der Waals surface area contributed by atoms with E-state index in [1.54, 1.807) is 37.4 Å². The lowest BCUT2D eigenvalue weighted by Gasteiger charge is -2.06. The van der Waals surface area contributed by atoms with Crippen molar-refractivity contribution in [2.24, 2.45) is 0 Å². The summed E-state index contributed by atoms with van der Waals surface area (Å²) in [5, 5.41) is 0. The van der Waals surface area contributed by atoms with Crippen molar-refractivity contribution in [2.75, 3.05) is 6.61 Å². The fourth-order valence-corrected chi connectivity index (χ4v) is 1.56. The fraction of sp³-hybridized carbons (Fsp3) is 0.200. The number of pyridine rings is 1. The lowest BCUT2D eigenvalue weighted by Crippen LogP contribution is -2.04. The molecule has 0 aliphatic carbocycles. The normalized spacial score (nSPS) is 10.0. The van der Waals surface area contributed by atoms with Gasteiger partial charge in [-0.2, -0.15) is 0 Å². The van der Waals surface area contributed by atoms with E-state index in [0.717, 1.165) is 5.56 Å². The first-order valence-electron chi connectivity index (χ1n) is 6.06. The number of carbonyl (C=O) groups excluding carboxylic acids is 1. The van der Waals surface area contributed by atoms with Crippen molar-refractivity contribution in [3.63, 3.8) is 0 Å². The van der Waals surface area contributed by atoms with Crippen LogP contribution in [0.3, 0.4) is 0 Å². The number of rotatable bonds is 4. The molecular weight excluding hydrogens is 242 g/mol. The van der Waals surface area contributed by atoms with Crippen LogP contribution in [0.4, 0.5) is 0 Å². The molecule has 1 heterocycles. The zero-order valence-electron chi connectivity index (χ0n) is 10.9. The van der Waals surface area contributed by atoms with E-state index < -0.39 is 0 Å². The molecule has 0 saturated carbocycles. The smallest absolute Gasteiger partial charge is 0.338 e. The number of carbonyl (C=O) groups is 1. The second kappa shape index (κ2) is 6.00. The Morgan fingerprint density at radius 2 is 1.95 bits per heavy atom. The minimum Gasteiger partial charge on any atom is -0.462 e. The summed E-state index contributed by atoms with van der Waals surface area (Å²) in [7, 11) is 0. The van der Waals surface area contributed by atoms with Gasteiger partial charge in [0.15, 0.2) is 0 Å². The standard InChI is InChI=1S/C15H15NO3/c1-3-18-15(17)12-4-6-13(7-5-12)19-14-10-11(2)8-9-16-14/h4-10H,3H2,1-2H3. The van der Waals surface area contributed by atoms with Gasteiger partial charge in [0.25, 0.3) is 0 Å². The highest BCUT2D eigenvalue weighted by Crippen LogP contribution is 2.20.